The highest BCUT2D eigenvalue weighted by Gasteiger charge is 2.54. The Balaban J connectivity index is 1.63. The molecule has 2 saturated heterocycles. The summed E-state index contributed by atoms with van der Waals surface area (Å²) < 4.78 is 11.2. The van der Waals surface area contributed by atoms with Crippen LogP contribution in [0.5, 0.6) is 11.5 Å². The Labute approximate surface area is 181 Å². The first-order valence-electron chi connectivity index (χ1n) is 10.2. The molecule has 2 aromatic rings. The highest BCUT2D eigenvalue weighted by Crippen LogP contribution is 2.51. The molecule has 2 aliphatic heterocycles. The maximum atomic E-state index is 10.4. The van der Waals surface area contributed by atoms with Crippen molar-refractivity contribution in [3.8, 4) is 11.5 Å². The molecule has 2 N–H and O–H groups in total. The van der Waals surface area contributed by atoms with Crippen LogP contribution in [0.1, 0.15) is 34.4 Å². The molecule has 30 heavy (non-hydrogen) atoms. The fourth-order valence-corrected chi connectivity index (χ4v) is 5.51. The Kier molecular flexibility index (Phi) is 6.55. The summed E-state index contributed by atoms with van der Waals surface area (Å²) in [5.74, 6) is 1.65. The van der Waals surface area contributed by atoms with Crippen LogP contribution in [0.25, 0.3) is 0 Å². The summed E-state index contributed by atoms with van der Waals surface area (Å²) in [6.07, 6.45) is -0.684. The molecule has 0 aliphatic carbocycles. The van der Waals surface area contributed by atoms with Gasteiger partial charge in [-0.2, -0.15) is 0 Å². The van der Waals surface area contributed by atoms with E-state index in [1.807, 2.05) is 25.1 Å². The minimum Gasteiger partial charge on any atom is -0.496 e. The minimum absolute atomic E-state index is 0.0982. The van der Waals surface area contributed by atoms with Crippen molar-refractivity contribution in [1.82, 2.24) is 0 Å². The Morgan fingerprint density at radius 3 is 2.43 bits per heavy atom. The Bertz CT molecular complexity index is 867. The molecular weight excluding hydrogens is 404 g/mol. The number of ether oxygens (including phenoxy) is 2. The molecule has 2 aliphatic rings. The van der Waals surface area contributed by atoms with Crippen LogP contribution in [0, 0.1) is 6.92 Å². The molecule has 5 atom stereocenters. The number of methoxy groups -OCH3 is 1. The van der Waals surface area contributed by atoms with Crippen LogP contribution >= 0.6 is 11.8 Å². The lowest BCUT2D eigenvalue weighted by molar-refractivity contribution is -0.479. The van der Waals surface area contributed by atoms with E-state index in [2.05, 4.69) is 25.1 Å². The maximum Gasteiger partial charge on any atom is 0.151 e. The molecule has 4 rings (SSSR count). The van der Waals surface area contributed by atoms with Gasteiger partial charge in [0.05, 0.1) is 30.8 Å². The molecule has 6 nitrogen and oxygen atoms in total. The van der Waals surface area contributed by atoms with Crippen molar-refractivity contribution >= 4 is 11.8 Å². The van der Waals surface area contributed by atoms with Crippen LogP contribution in [-0.4, -0.2) is 54.1 Å². The number of aryl methyl sites for hydroxylation is 1. The molecule has 0 spiro atoms. The number of aliphatic hydroxyl groups is 2. The quantitative estimate of drug-likeness (QED) is 0.651. The number of thioether (sulfide) groups is 1. The normalized spacial score (nSPS) is 27.8. The van der Waals surface area contributed by atoms with E-state index in [1.165, 1.54) is 22.9 Å². The minimum atomic E-state index is -0.755. The third-order valence-corrected chi connectivity index (χ3v) is 7.34. The van der Waals surface area contributed by atoms with Gasteiger partial charge in [0.1, 0.15) is 23.7 Å². The van der Waals surface area contributed by atoms with Crippen LogP contribution < -0.4 is 9.47 Å². The van der Waals surface area contributed by atoms with Crippen LogP contribution in [-0.2, 0) is 16.2 Å². The monoisotopic (exact) mass is 432 g/mol. The van der Waals surface area contributed by atoms with Gasteiger partial charge in [-0.15, -0.1) is 11.8 Å². The zero-order valence-electron chi connectivity index (χ0n) is 17.4. The first-order valence-corrected chi connectivity index (χ1v) is 11.2. The number of hydrogen-bond acceptors (Lipinski definition) is 7. The van der Waals surface area contributed by atoms with Gasteiger partial charge >= 0.3 is 0 Å². The zero-order chi connectivity index (χ0) is 21.3. The first kappa shape index (κ1) is 21.5. The van der Waals surface area contributed by atoms with Crippen LogP contribution in [0.4, 0.5) is 0 Å². The summed E-state index contributed by atoms with van der Waals surface area (Å²) in [5.41, 5.74) is 4.53. The van der Waals surface area contributed by atoms with E-state index in [0.717, 1.165) is 29.0 Å². The van der Waals surface area contributed by atoms with Gasteiger partial charge in [-0.25, -0.2) is 9.78 Å². The lowest BCUT2D eigenvalue weighted by atomic mass is 9.91. The zero-order valence-corrected chi connectivity index (χ0v) is 18.2. The van der Waals surface area contributed by atoms with E-state index in [1.54, 1.807) is 7.11 Å². The fourth-order valence-electron chi connectivity index (χ4n) is 4.04. The second-order valence-corrected chi connectivity index (χ2v) is 9.05. The molecule has 2 aromatic carbocycles. The molecule has 0 radical (unpaired) electrons. The number of aliphatic hydroxyl groups excluding tert-OH is 2. The van der Waals surface area contributed by atoms with E-state index >= 15 is 0 Å². The van der Waals surface area contributed by atoms with Gasteiger partial charge in [-0.3, -0.25) is 0 Å². The summed E-state index contributed by atoms with van der Waals surface area (Å²) in [5, 5.41) is 19.7. The molecule has 7 heteroatoms. The number of fused-ring (bicyclic) bond motifs is 1. The SMILES string of the molecule is CCOc1ccc(Cc2cc([C@@H]3S[C@H](CO)[C@@H](O)[C@@H]4OOC43)c(OC)cc2C)cc1. The summed E-state index contributed by atoms with van der Waals surface area (Å²) in [6.45, 7) is 4.58. The maximum absolute atomic E-state index is 10.4. The van der Waals surface area contributed by atoms with Gasteiger partial charge in [0.2, 0.25) is 0 Å². The molecule has 0 bridgehead atoms. The van der Waals surface area contributed by atoms with Crippen LogP contribution in [0.3, 0.4) is 0 Å². The lowest BCUT2D eigenvalue weighted by Gasteiger charge is -2.48. The van der Waals surface area contributed by atoms with Gasteiger partial charge in [0.15, 0.2) is 6.10 Å². The van der Waals surface area contributed by atoms with E-state index in [9.17, 15) is 10.2 Å². The van der Waals surface area contributed by atoms with Gasteiger partial charge in [0, 0.05) is 5.56 Å². The van der Waals surface area contributed by atoms with Crippen molar-refractivity contribution in [2.24, 2.45) is 0 Å². The standard InChI is InChI=1S/C23H28O6S/c1-4-27-16-7-5-14(6-8-16)10-15-11-17(18(26-3)9-13(15)2)23-22-21(28-29-22)20(25)19(12-24)30-23/h5-9,11,19-25H,4,10,12H2,1-3H3/t19-,20-,21+,22?,23+/m1/s1. The van der Waals surface area contributed by atoms with Gasteiger partial charge < -0.3 is 19.7 Å². The summed E-state index contributed by atoms with van der Waals surface area (Å²) in [4.78, 5) is 10.5. The van der Waals surface area contributed by atoms with Gasteiger partial charge in [-0.1, -0.05) is 18.2 Å². The number of hydrogen-bond donors (Lipinski definition) is 2. The third kappa shape index (κ3) is 4.05. The predicted molar refractivity (Wildman–Crippen MR) is 115 cm³/mol. The molecule has 162 valence electrons. The van der Waals surface area contributed by atoms with Crippen molar-refractivity contribution < 1.29 is 29.5 Å². The molecule has 2 heterocycles. The smallest absolute Gasteiger partial charge is 0.151 e. The topological polar surface area (TPSA) is 77.4 Å². The van der Waals surface area contributed by atoms with Crippen LogP contribution in [0.2, 0.25) is 0 Å². The molecule has 1 unspecified atom stereocenters. The summed E-state index contributed by atoms with van der Waals surface area (Å²) in [7, 11) is 1.66. The van der Waals surface area contributed by atoms with E-state index in [4.69, 9.17) is 19.2 Å². The summed E-state index contributed by atoms with van der Waals surface area (Å²) in [6, 6.07) is 12.4. The predicted octanol–water partition coefficient (Wildman–Crippen LogP) is 3.20. The van der Waals surface area contributed by atoms with Crippen LogP contribution in [0.15, 0.2) is 36.4 Å². The Hall–Kier alpha value is -1.77. The third-order valence-electron chi connectivity index (χ3n) is 5.74. The van der Waals surface area contributed by atoms with Gasteiger partial charge in [-0.05, 0) is 55.2 Å². The first-order chi connectivity index (χ1) is 14.5. The fraction of sp³-hybridized carbons (Fsp3) is 0.478. The van der Waals surface area contributed by atoms with E-state index < -0.39 is 12.2 Å². The van der Waals surface area contributed by atoms with Gasteiger partial charge in [0.25, 0.3) is 0 Å². The van der Waals surface area contributed by atoms with E-state index in [-0.39, 0.29) is 23.2 Å². The Morgan fingerprint density at radius 1 is 1.10 bits per heavy atom. The van der Waals surface area contributed by atoms with E-state index in [0.29, 0.717) is 6.61 Å². The number of rotatable bonds is 7. The van der Waals surface area contributed by atoms with Crippen molar-refractivity contribution in [1.29, 1.82) is 0 Å². The molecule has 0 aromatic heterocycles. The largest absolute Gasteiger partial charge is 0.496 e. The lowest BCUT2D eigenvalue weighted by Crippen LogP contribution is -2.60. The Morgan fingerprint density at radius 2 is 1.83 bits per heavy atom. The second-order valence-electron chi connectivity index (χ2n) is 7.66. The molecule has 2 fully saturated rings. The second kappa shape index (κ2) is 9.16. The molecule has 0 saturated carbocycles. The van der Waals surface area contributed by atoms with Crippen molar-refractivity contribution in [3.63, 3.8) is 0 Å². The number of benzene rings is 2. The highest BCUT2D eigenvalue weighted by atomic mass is 32.2. The molecule has 0 amide bonds. The average molecular weight is 433 g/mol. The van der Waals surface area contributed by atoms with Crippen molar-refractivity contribution in [2.75, 3.05) is 20.3 Å². The average Bonchev–Trinajstić information content (AvgIpc) is 2.72. The summed E-state index contributed by atoms with van der Waals surface area (Å²) >= 11 is 1.51. The van der Waals surface area contributed by atoms with Crippen molar-refractivity contribution in [2.45, 2.75) is 49.1 Å². The van der Waals surface area contributed by atoms with Crippen molar-refractivity contribution in [3.05, 3.63) is 58.7 Å². The highest BCUT2D eigenvalue weighted by molar-refractivity contribution is 8.00. The molecular formula is C23H28O6S.